The molecule has 1 saturated heterocycles. The molecule has 1 N–H and O–H groups in total. The minimum absolute atomic E-state index is 0.00230. The third-order valence-electron chi connectivity index (χ3n) is 5.44. The van der Waals surface area contributed by atoms with Crippen LogP contribution in [0, 0.1) is 6.92 Å². The molecule has 1 unspecified atom stereocenters. The summed E-state index contributed by atoms with van der Waals surface area (Å²) in [4.78, 5) is 32.8. The van der Waals surface area contributed by atoms with Gasteiger partial charge in [0.2, 0.25) is 5.91 Å². The Morgan fingerprint density at radius 2 is 2.03 bits per heavy atom. The van der Waals surface area contributed by atoms with E-state index in [1.54, 1.807) is 50.4 Å². The van der Waals surface area contributed by atoms with E-state index >= 15 is 0 Å². The second-order valence-electron chi connectivity index (χ2n) is 7.27. The molecule has 1 aromatic carbocycles. The van der Waals surface area contributed by atoms with Crippen LogP contribution in [0.15, 0.2) is 30.6 Å². The van der Waals surface area contributed by atoms with Crippen LogP contribution in [0.2, 0.25) is 0 Å². The number of rotatable bonds is 7. The van der Waals surface area contributed by atoms with Crippen LogP contribution in [0.1, 0.15) is 19.2 Å². The molecule has 30 heavy (non-hydrogen) atoms. The summed E-state index contributed by atoms with van der Waals surface area (Å²) in [6.07, 6.45) is 4.41. The maximum Gasteiger partial charge on any atom is 0.321 e. The lowest BCUT2D eigenvalue weighted by Crippen LogP contribution is -2.43. The number of nitrogens with zero attached hydrogens (tertiary/aromatic N) is 4. The highest BCUT2D eigenvalue weighted by Crippen LogP contribution is 2.30. The summed E-state index contributed by atoms with van der Waals surface area (Å²) < 4.78 is 12.5. The van der Waals surface area contributed by atoms with Gasteiger partial charge in [0.25, 0.3) is 0 Å². The number of likely N-dealkylation sites (tertiary alicyclic amines) is 1. The lowest BCUT2D eigenvalue weighted by atomic mass is 10.2. The zero-order valence-corrected chi connectivity index (χ0v) is 17.9. The Labute approximate surface area is 176 Å². The molecule has 1 fully saturated rings. The highest BCUT2D eigenvalue weighted by Gasteiger charge is 2.31. The van der Waals surface area contributed by atoms with Crippen molar-refractivity contribution in [2.75, 3.05) is 39.2 Å². The maximum atomic E-state index is 12.7. The third kappa shape index (κ3) is 4.84. The summed E-state index contributed by atoms with van der Waals surface area (Å²) in [6, 6.07) is 5.04. The second kappa shape index (κ2) is 9.51. The lowest BCUT2D eigenvalue weighted by molar-refractivity contribution is -0.131. The SMILES string of the molecule is COc1ccc(NC(=O)N2CCC(N(CCn3ccnc3C)C(C)=O)C2)cc1OC. The van der Waals surface area contributed by atoms with Gasteiger partial charge in [0.1, 0.15) is 5.82 Å². The Balaban J connectivity index is 1.59. The van der Waals surface area contributed by atoms with Crippen molar-refractivity contribution in [1.82, 2.24) is 19.4 Å². The van der Waals surface area contributed by atoms with Crippen LogP contribution >= 0.6 is 0 Å². The van der Waals surface area contributed by atoms with Gasteiger partial charge < -0.3 is 29.2 Å². The van der Waals surface area contributed by atoms with E-state index in [2.05, 4.69) is 10.3 Å². The molecule has 162 valence electrons. The molecule has 9 nitrogen and oxygen atoms in total. The Hall–Kier alpha value is -3.23. The average molecular weight is 415 g/mol. The van der Waals surface area contributed by atoms with Gasteiger partial charge in [-0.15, -0.1) is 0 Å². The summed E-state index contributed by atoms with van der Waals surface area (Å²) >= 11 is 0. The fourth-order valence-corrected chi connectivity index (χ4v) is 3.75. The first-order chi connectivity index (χ1) is 14.4. The quantitative estimate of drug-likeness (QED) is 0.750. The number of hydrogen-bond donors (Lipinski definition) is 1. The molecule has 1 aliphatic heterocycles. The number of anilines is 1. The number of hydrogen-bond acceptors (Lipinski definition) is 5. The molecule has 3 rings (SSSR count). The van der Waals surface area contributed by atoms with Crippen LogP contribution in [-0.4, -0.2) is 71.2 Å². The number of imidazole rings is 1. The summed E-state index contributed by atoms with van der Waals surface area (Å²) in [5.41, 5.74) is 0.625. The van der Waals surface area contributed by atoms with Gasteiger partial charge in [0, 0.05) is 57.3 Å². The number of urea groups is 1. The van der Waals surface area contributed by atoms with Gasteiger partial charge in [0.15, 0.2) is 11.5 Å². The van der Waals surface area contributed by atoms with Crippen molar-refractivity contribution in [1.29, 1.82) is 0 Å². The zero-order chi connectivity index (χ0) is 21.7. The molecule has 1 aliphatic rings. The van der Waals surface area contributed by atoms with Crippen molar-refractivity contribution in [2.24, 2.45) is 0 Å². The van der Waals surface area contributed by atoms with Gasteiger partial charge in [-0.2, -0.15) is 0 Å². The molecule has 1 atom stereocenters. The van der Waals surface area contributed by atoms with Crippen molar-refractivity contribution in [2.45, 2.75) is 32.9 Å². The molecule has 2 aromatic rings. The Kier molecular flexibility index (Phi) is 6.81. The molecule has 0 radical (unpaired) electrons. The second-order valence-corrected chi connectivity index (χ2v) is 7.27. The molecule has 2 heterocycles. The fourth-order valence-electron chi connectivity index (χ4n) is 3.75. The van der Waals surface area contributed by atoms with Crippen molar-refractivity contribution in [3.8, 4) is 11.5 Å². The van der Waals surface area contributed by atoms with Crippen LogP contribution in [0.4, 0.5) is 10.5 Å². The average Bonchev–Trinajstić information content (AvgIpc) is 3.37. The van der Waals surface area contributed by atoms with E-state index in [1.807, 2.05) is 22.6 Å². The van der Waals surface area contributed by atoms with E-state index in [4.69, 9.17) is 9.47 Å². The minimum Gasteiger partial charge on any atom is -0.493 e. The zero-order valence-electron chi connectivity index (χ0n) is 17.9. The topological polar surface area (TPSA) is 88.9 Å². The number of carbonyl (C=O) groups is 2. The maximum absolute atomic E-state index is 12.7. The number of aromatic nitrogens is 2. The number of ether oxygens (including phenoxy) is 2. The van der Waals surface area contributed by atoms with E-state index in [9.17, 15) is 9.59 Å². The summed E-state index contributed by atoms with van der Waals surface area (Å²) in [5.74, 6) is 2.08. The Morgan fingerprint density at radius 1 is 1.27 bits per heavy atom. The summed E-state index contributed by atoms with van der Waals surface area (Å²) in [5, 5.41) is 2.90. The summed E-state index contributed by atoms with van der Waals surface area (Å²) in [6.45, 7) is 5.88. The van der Waals surface area contributed by atoms with E-state index in [-0.39, 0.29) is 18.0 Å². The first-order valence-electron chi connectivity index (χ1n) is 9.95. The number of benzene rings is 1. The largest absolute Gasteiger partial charge is 0.493 e. The molecule has 0 bridgehead atoms. The van der Waals surface area contributed by atoms with Gasteiger partial charge >= 0.3 is 6.03 Å². The van der Waals surface area contributed by atoms with Crippen LogP contribution < -0.4 is 14.8 Å². The number of aryl methyl sites for hydroxylation is 1. The van der Waals surface area contributed by atoms with Crippen LogP contribution in [0.3, 0.4) is 0 Å². The van der Waals surface area contributed by atoms with Gasteiger partial charge in [-0.3, -0.25) is 4.79 Å². The molecular weight excluding hydrogens is 386 g/mol. The fraction of sp³-hybridized carbons (Fsp3) is 0.476. The first-order valence-corrected chi connectivity index (χ1v) is 9.95. The van der Waals surface area contributed by atoms with E-state index in [0.29, 0.717) is 43.4 Å². The molecule has 3 amide bonds. The standard InChI is InChI=1S/C21H29N5O4/c1-15-22-8-10-24(15)11-12-26(16(2)27)18-7-9-25(14-18)21(28)23-17-5-6-19(29-3)20(13-17)30-4/h5-6,8,10,13,18H,7,9,11-12,14H2,1-4H3,(H,23,28). The predicted octanol–water partition coefficient (Wildman–Crippen LogP) is 2.36. The van der Waals surface area contributed by atoms with Gasteiger partial charge in [0.05, 0.1) is 20.3 Å². The van der Waals surface area contributed by atoms with Crippen LogP contribution in [-0.2, 0) is 11.3 Å². The van der Waals surface area contributed by atoms with E-state index in [0.717, 1.165) is 12.2 Å². The first kappa shape index (κ1) is 21.5. The summed E-state index contributed by atoms with van der Waals surface area (Å²) in [7, 11) is 3.12. The van der Waals surface area contributed by atoms with Crippen molar-refractivity contribution < 1.29 is 19.1 Å². The number of nitrogens with one attached hydrogen (secondary N) is 1. The molecule has 0 saturated carbocycles. The van der Waals surface area contributed by atoms with Crippen molar-refractivity contribution in [3.05, 3.63) is 36.4 Å². The van der Waals surface area contributed by atoms with Gasteiger partial charge in [-0.05, 0) is 25.5 Å². The highest BCUT2D eigenvalue weighted by atomic mass is 16.5. The molecule has 0 spiro atoms. The van der Waals surface area contributed by atoms with Gasteiger partial charge in [-0.1, -0.05) is 0 Å². The number of methoxy groups -OCH3 is 2. The van der Waals surface area contributed by atoms with Crippen molar-refractivity contribution in [3.63, 3.8) is 0 Å². The van der Waals surface area contributed by atoms with E-state index < -0.39 is 0 Å². The Morgan fingerprint density at radius 3 is 2.67 bits per heavy atom. The molecule has 0 aliphatic carbocycles. The minimum atomic E-state index is -0.196. The van der Waals surface area contributed by atoms with E-state index in [1.165, 1.54) is 0 Å². The lowest BCUT2D eigenvalue weighted by Gasteiger charge is -2.28. The monoisotopic (exact) mass is 415 g/mol. The third-order valence-corrected chi connectivity index (χ3v) is 5.44. The predicted molar refractivity (Wildman–Crippen MR) is 113 cm³/mol. The number of amides is 3. The molecule has 9 heteroatoms. The van der Waals surface area contributed by atoms with Crippen molar-refractivity contribution >= 4 is 17.6 Å². The smallest absolute Gasteiger partial charge is 0.321 e. The van der Waals surface area contributed by atoms with Gasteiger partial charge in [-0.25, -0.2) is 9.78 Å². The normalized spacial score (nSPS) is 15.7. The molecular formula is C21H29N5O4. The molecule has 1 aromatic heterocycles. The Bertz CT molecular complexity index is 897. The van der Waals surface area contributed by atoms with Crippen LogP contribution in [0.25, 0.3) is 0 Å². The number of carbonyl (C=O) groups excluding carboxylic acids is 2. The highest BCUT2D eigenvalue weighted by molar-refractivity contribution is 5.90. The van der Waals surface area contributed by atoms with Crippen LogP contribution in [0.5, 0.6) is 11.5 Å².